The molecule has 1 atom stereocenters. The molecule has 4 rings (SSSR count). The quantitative estimate of drug-likeness (QED) is 0.468. The van der Waals surface area contributed by atoms with Gasteiger partial charge in [0, 0.05) is 5.70 Å². The Morgan fingerprint density at radius 1 is 0.914 bits per heavy atom. The fraction of sp³-hybridized carbons (Fsp3) is 0.214. The number of hydrogen-bond donors (Lipinski definition) is 1. The number of nitrogens with zero attached hydrogens (tertiary/aromatic N) is 1. The fourth-order valence-electron chi connectivity index (χ4n) is 4.08. The van der Waals surface area contributed by atoms with Gasteiger partial charge in [-0.1, -0.05) is 66.7 Å². The van der Waals surface area contributed by atoms with Crippen molar-refractivity contribution in [2.45, 2.75) is 26.1 Å². The number of nitrogens with one attached hydrogen (secondary N) is 1. The lowest BCUT2D eigenvalue weighted by Crippen LogP contribution is -2.47. The number of urea groups is 1. The maximum Gasteiger partial charge on any atom is 0.337 e. The van der Waals surface area contributed by atoms with Crippen molar-refractivity contribution < 1.29 is 23.8 Å². The molecule has 3 aromatic rings. The molecule has 35 heavy (non-hydrogen) atoms. The second kappa shape index (κ2) is 10.8. The van der Waals surface area contributed by atoms with Crippen molar-refractivity contribution in [2.24, 2.45) is 0 Å². The van der Waals surface area contributed by atoms with Crippen LogP contribution in [0, 0.1) is 0 Å². The number of benzene rings is 3. The van der Waals surface area contributed by atoms with Gasteiger partial charge in [0.25, 0.3) is 0 Å². The van der Waals surface area contributed by atoms with Crippen molar-refractivity contribution in [3.05, 3.63) is 107 Å². The zero-order valence-corrected chi connectivity index (χ0v) is 20.0. The molecule has 0 aromatic heterocycles. The molecule has 1 N–H and O–H groups in total. The molecule has 7 heteroatoms. The monoisotopic (exact) mass is 472 g/mol. The molecular weight excluding hydrogens is 444 g/mol. The minimum atomic E-state index is -0.695. The normalized spacial score (nSPS) is 15.5. The number of carbonyl (C=O) groups is 2. The first-order valence-corrected chi connectivity index (χ1v) is 11.3. The number of esters is 1. The number of allylic oxidation sites excluding steroid dienone is 1. The van der Waals surface area contributed by atoms with Gasteiger partial charge in [0.1, 0.15) is 6.61 Å². The van der Waals surface area contributed by atoms with Crippen LogP contribution in [0.4, 0.5) is 4.79 Å². The largest absolute Gasteiger partial charge is 0.493 e. The standard InChI is InChI=1S/C28H28N2O5/c1-19-25(27(31)34-3)26(29-28(32)30(19)17-20-10-6-4-7-11-20)22-14-15-23(24(16-22)33-2)35-18-21-12-8-5-9-13-21/h4-16,26H,17-18H2,1-3H3,(H,29,32)/t26-/m0/s1. The van der Waals surface area contributed by atoms with Crippen LogP contribution in [-0.4, -0.2) is 31.1 Å². The van der Waals surface area contributed by atoms with Gasteiger partial charge in [-0.2, -0.15) is 0 Å². The Bertz CT molecular complexity index is 1220. The average Bonchev–Trinajstić information content (AvgIpc) is 2.90. The summed E-state index contributed by atoms with van der Waals surface area (Å²) < 4.78 is 16.6. The van der Waals surface area contributed by atoms with E-state index in [0.29, 0.717) is 41.5 Å². The van der Waals surface area contributed by atoms with Gasteiger partial charge in [0.05, 0.1) is 32.4 Å². The lowest BCUT2D eigenvalue weighted by Gasteiger charge is -2.35. The molecule has 7 nitrogen and oxygen atoms in total. The lowest BCUT2D eigenvalue weighted by molar-refractivity contribution is -0.136. The predicted molar refractivity (Wildman–Crippen MR) is 132 cm³/mol. The van der Waals surface area contributed by atoms with Crippen molar-refractivity contribution in [1.82, 2.24) is 10.2 Å². The van der Waals surface area contributed by atoms with Crippen LogP contribution in [0.15, 0.2) is 90.1 Å². The third kappa shape index (κ3) is 5.30. The van der Waals surface area contributed by atoms with Gasteiger partial charge >= 0.3 is 12.0 Å². The molecule has 0 spiro atoms. The van der Waals surface area contributed by atoms with Crippen LogP contribution in [0.2, 0.25) is 0 Å². The summed E-state index contributed by atoms with van der Waals surface area (Å²) in [4.78, 5) is 27.5. The summed E-state index contributed by atoms with van der Waals surface area (Å²) in [5.74, 6) is 0.559. The van der Waals surface area contributed by atoms with Gasteiger partial charge in [-0.3, -0.25) is 4.90 Å². The highest BCUT2D eigenvalue weighted by atomic mass is 16.5. The van der Waals surface area contributed by atoms with Crippen molar-refractivity contribution in [3.63, 3.8) is 0 Å². The Morgan fingerprint density at radius 2 is 1.57 bits per heavy atom. The van der Waals surface area contributed by atoms with Gasteiger partial charge in [-0.05, 0) is 35.7 Å². The zero-order chi connectivity index (χ0) is 24.8. The van der Waals surface area contributed by atoms with Gasteiger partial charge in [-0.15, -0.1) is 0 Å². The molecule has 1 aliphatic rings. The first-order chi connectivity index (χ1) is 17.0. The minimum absolute atomic E-state index is 0.299. The van der Waals surface area contributed by atoms with E-state index in [4.69, 9.17) is 14.2 Å². The van der Waals surface area contributed by atoms with E-state index in [1.807, 2.05) is 66.7 Å². The van der Waals surface area contributed by atoms with Crippen LogP contribution in [0.25, 0.3) is 0 Å². The van der Waals surface area contributed by atoms with Gasteiger partial charge in [-0.25, -0.2) is 9.59 Å². The Morgan fingerprint density at radius 3 is 2.20 bits per heavy atom. The summed E-state index contributed by atoms with van der Waals surface area (Å²) in [6.07, 6.45) is 0. The molecule has 0 bridgehead atoms. The summed E-state index contributed by atoms with van der Waals surface area (Å²) >= 11 is 0. The van der Waals surface area contributed by atoms with Crippen molar-refractivity contribution in [2.75, 3.05) is 14.2 Å². The molecular formula is C28H28N2O5. The Balaban J connectivity index is 1.64. The SMILES string of the molecule is COC(=O)C1=C(C)N(Cc2ccccc2)C(=O)N[C@H]1c1ccc(OCc2ccccc2)c(OC)c1. The molecule has 0 saturated carbocycles. The average molecular weight is 473 g/mol. The molecule has 0 unspecified atom stereocenters. The Kier molecular flexibility index (Phi) is 7.35. The van der Waals surface area contributed by atoms with Crippen LogP contribution in [-0.2, 0) is 22.7 Å². The highest BCUT2D eigenvalue weighted by Crippen LogP contribution is 2.36. The molecule has 0 saturated heterocycles. The molecule has 2 amide bonds. The highest BCUT2D eigenvalue weighted by molar-refractivity contribution is 5.95. The molecule has 1 aliphatic heterocycles. The van der Waals surface area contributed by atoms with Gasteiger partial charge in [0.15, 0.2) is 11.5 Å². The lowest BCUT2D eigenvalue weighted by atomic mass is 9.94. The minimum Gasteiger partial charge on any atom is -0.493 e. The van der Waals surface area contributed by atoms with Crippen LogP contribution >= 0.6 is 0 Å². The summed E-state index contributed by atoms with van der Waals surface area (Å²) in [6.45, 7) is 2.48. The van der Waals surface area contributed by atoms with E-state index >= 15 is 0 Å². The summed E-state index contributed by atoms with van der Waals surface area (Å²) in [7, 11) is 2.89. The Hall–Kier alpha value is -4.26. The third-order valence-electron chi connectivity index (χ3n) is 5.94. The van der Waals surface area contributed by atoms with Crippen LogP contribution < -0.4 is 14.8 Å². The van der Waals surface area contributed by atoms with E-state index in [-0.39, 0.29) is 6.03 Å². The number of ether oxygens (including phenoxy) is 3. The van der Waals surface area contributed by atoms with E-state index in [0.717, 1.165) is 11.1 Å². The summed E-state index contributed by atoms with van der Waals surface area (Å²) in [5.41, 5.74) is 3.57. The maximum absolute atomic E-state index is 13.1. The first kappa shape index (κ1) is 23.9. The molecule has 180 valence electrons. The number of carbonyl (C=O) groups excluding carboxylic acids is 2. The molecule has 3 aromatic carbocycles. The van der Waals surface area contributed by atoms with Gasteiger partial charge < -0.3 is 19.5 Å². The summed E-state index contributed by atoms with van der Waals surface area (Å²) in [5, 5.41) is 2.96. The second-order valence-corrected chi connectivity index (χ2v) is 8.13. The second-order valence-electron chi connectivity index (χ2n) is 8.13. The first-order valence-electron chi connectivity index (χ1n) is 11.3. The van der Waals surface area contributed by atoms with E-state index in [9.17, 15) is 9.59 Å². The van der Waals surface area contributed by atoms with Crippen molar-refractivity contribution >= 4 is 12.0 Å². The van der Waals surface area contributed by atoms with Gasteiger partial charge in [0.2, 0.25) is 0 Å². The number of amides is 2. The highest BCUT2D eigenvalue weighted by Gasteiger charge is 2.36. The fourth-order valence-corrected chi connectivity index (χ4v) is 4.08. The topological polar surface area (TPSA) is 77.1 Å². The van der Waals surface area contributed by atoms with Crippen molar-refractivity contribution in [3.8, 4) is 11.5 Å². The summed E-state index contributed by atoms with van der Waals surface area (Å²) in [6, 6.07) is 23.8. The van der Waals surface area contributed by atoms with E-state index < -0.39 is 12.0 Å². The third-order valence-corrected chi connectivity index (χ3v) is 5.94. The molecule has 0 aliphatic carbocycles. The zero-order valence-electron chi connectivity index (χ0n) is 20.0. The molecule has 1 heterocycles. The van der Waals surface area contributed by atoms with Crippen molar-refractivity contribution in [1.29, 1.82) is 0 Å². The maximum atomic E-state index is 13.1. The number of hydrogen-bond acceptors (Lipinski definition) is 5. The van der Waals surface area contributed by atoms with Crippen LogP contribution in [0.3, 0.4) is 0 Å². The number of rotatable bonds is 8. The number of methoxy groups -OCH3 is 2. The molecule has 0 fully saturated rings. The smallest absolute Gasteiger partial charge is 0.337 e. The van der Waals surface area contributed by atoms with E-state index in [1.165, 1.54) is 7.11 Å². The van der Waals surface area contributed by atoms with Crippen LogP contribution in [0.1, 0.15) is 29.7 Å². The molecule has 0 radical (unpaired) electrons. The van der Waals surface area contributed by atoms with E-state index in [1.54, 1.807) is 31.1 Å². The predicted octanol–water partition coefficient (Wildman–Crippen LogP) is 4.99. The van der Waals surface area contributed by atoms with Crippen LogP contribution in [0.5, 0.6) is 11.5 Å². The van der Waals surface area contributed by atoms with E-state index in [2.05, 4.69) is 5.32 Å². The Labute approximate surface area is 204 Å².